The van der Waals surface area contributed by atoms with Crippen molar-refractivity contribution in [2.45, 2.75) is 95.9 Å². The highest BCUT2D eigenvalue weighted by Crippen LogP contribution is 2.43. The van der Waals surface area contributed by atoms with Gasteiger partial charge >= 0.3 is 21.1 Å². The van der Waals surface area contributed by atoms with E-state index in [2.05, 4.69) is 58.0 Å². The van der Waals surface area contributed by atoms with Crippen molar-refractivity contribution in [1.82, 2.24) is 45.0 Å². The molecule has 9 atom stereocenters. The number of aromatic amines is 1. The minimum Gasteiger partial charge on any atom is -0.474 e. The molecule has 3 aromatic heterocycles. The lowest BCUT2D eigenvalue weighted by molar-refractivity contribution is -0.133. The first-order valence-electron chi connectivity index (χ1n) is 28.6. The summed E-state index contributed by atoms with van der Waals surface area (Å²) >= 11 is 4.60. The van der Waals surface area contributed by atoms with Gasteiger partial charge in [-0.15, -0.1) is 9.05 Å². The molecule has 1 aliphatic heterocycles. The number of ether oxygens (including phenoxy) is 7. The van der Waals surface area contributed by atoms with Crippen LogP contribution in [0.4, 0.5) is 16.4 Å². The van der Waals surface area contributed by atoms with Gasteiger partial charge in [-0.25, -0.2) is 19.7 Å². The standard InChI is InChI=1S/C55H74N12O20P2S/c1-33(2)47(62-44(69)30-81-22-21-80-20-19-79-18-17-78-16-14-56)52(72)60-34(3)50(70)61-38-11-9-35(10-12-38)27-82-55(74)66(4)26-36-7-5-6-8-40(36)51(71)64-54-63-49-48(53(73)65-54)59-32-67(49)46-25-41(68)43(86-46)29-83-88(75)87-42-24-39(85-45-13-15-57-31-58-45)23-37(42)28-84-89(76,77)90/h5-13,15,31-34,37,39,41-43,46-47,68H,14,16-30,56H2,1-4H3,(H6-,60,61,62,63,64,65,69,70,71,72,73,76,77,90)/p+1/t34-,37?,39+,41-,42?,43+,46+,47-/m0/s1. The Balaban J connectivity index is 0.836. The molecular weight excluding hydrogens is 1240 g/mol. The van der Waals surface area contributed by atoms with Crippen LogP contribution in [0.15, 0.2) is 78.2 Å². The molecule has 490 valence electrons. The largest absolute Gasteiger partial charge is 0.697 e. The van der Waals surface area contributed by atoms with Crippen LogP contribution in [0.5, 0.6) is 5.88 Å². The number of carbonyl (C=O) groups is 5. The number of nitrogens with zero attached hydrogens (tertiary/aromatic N) is 6. The van der Waals surface area contributed by atoms with E-state index in [1.807, 2.05) is 0 Å². The predicted octanol–water partition coefficient (Wildman–Crippen LogP) is 2.33. The molecule has 10 N–H and O–H groups in total. The quantitative estimate of drug-likeness (QED) is 0.0205. The minimum atomic E-state index is -4.02. The van der Waals surface area contributed by atoms with Gasteiger partial charge in [0.1, 0.15) is 62.8 Å². The summed E-state index contributed by atoms with van der Waals surface area (Å²) < 4.78 is 69.8. The Hall–Kier alpha value is -6.91. The lowest BCUT2D eigenvalue weighted by atomic mass is 10.0. The van der Waals surface area contributed by atoms with Gasteiger partial charge in [0.15, 0.2) is 11.2 Å². The van der Waals surface area contributed by atoms with Gasteiger partial charge in [0.25, 0.3) is 11.5 Å². The molecule has 1 saturated heterocycles. The van der Waals surface area contributed by atoms with Gasteiger partial charge in [-0.2, -0.15) is 4.98 Å². The van der Waals surface area contributed by atoms with Crippen molar-refractivity contribution in [3.05, 3.63) is 100 Å². The Morgan fingerprint density at radius 3 is 2.30 bits per heavy atom. The van der Waals surface area contributed by atoms with Gasteiger partial charge in [0, 0.05) is 67.0 Å². The zero-order valence-corrected chi connectivity index (χ0v) is 52.4. The van der Waals surface area contributed by atoms with Crippen molar-refractivity contribution in [3.63, 3.8) is 0 Å². The number of aliphatic hydroxyl groups excluding tert-OH is 1. The average Bonchev–Trinajstić information content (AvgIpc) is 1.73. The summed E-state index contributed by atoms with van der Waals surface area (Å²) in [5, 5.41) is 21.6. The number of anilines is 2. The number of H-pyrrole nitrogens is 1. The maximum absolute atomic E-state index is 13.8. The van der Waals surface area contributed by atoms with Crippen LogP contribution < -0.4 is 37.3 Å². The SMILES string of the molecule is CC(C)[C@H](NC(=O)COCCOCCOCCOCCN)C(=O)N[C@@H](C)C(=O)Nc1ccc(COC(=O)N(C)Cc2ccccc2C(=O)Nc2nc3c(ncn3[C@H]3C[C@H](O)[C@@H](CO[P+](=O)OC4C[C@H](Oc5ccncn5)CC4COP(O)(O)=S)O3)c(=O)[nH]2)cc1. The third kappa shape index (κ3) is 22.2. The molecule has 35 heteroatoms. The summed E-state index contributed by atoms with van der Waals surface area (Å²) in [5.74, 6) is -3.09. The molecule has 1 aliphatic carbocycles. The van der Waals surface area contributed by atoms with Crippen molar-refractivity contribution in [3.8, 4) is 5.88 Å². The van der Waals surface area contributed by atoms with Crippen LogP contribution in [0.1, 0.15) is 67.7 Å². The summed E-state index contributed by atoms with van der Waals surface area (Å²) in [4.78, 5) is 119. The lowest BCUT2D eigenvalue weighted by Crippen LogP contribution is -2.54. The summed E-state index contributed by atoms with van der Waals surface area (Å²) in [6.07, 6.45) is -0.517. The van der Waals surface area contributed by atoms with E-state index in [1.165, 1.54) is 48.4 Å². The molecule has 2 aromatic carbocycles. The zero-order valence-electron chi connectivity index (χ0n) is 49.8. The third-order valence-corrected chi connectivity index (χ3v) is 15.4. The number of amides is 5. The van der Waals surface area contributed by atoms with Crippen molar-refractivity contribution >= 4 is 79.3 Å². The maximum Gasteiger partial charge on any atom is 0.697 e. The van der Waals surface area contributed by atoms with Gasteiger partial charge < -0.3 is 79.2 Å². The number of carbonyl (C=O) groups excluding carboxylic acids is 5. The highest BCUT2D eigenvalue weighted by atomic mass is 32.5. The molecule has 7 rings (SSSR count). The molecule has 3 unspecified atom stereocenters. The van der Waals surface area contributed by atoms with Gasteiger partial charge in [-0.3, -0.25) is 38.8 Å². The van der Waals surface area contributed by atoms with E-state index >= 15 is 0 Å². The summed E-state index contributed by atoms with van der Waals surface area (Å²) in [5.41, 5.74) is 6.09. The van der Waals surface area contributed by atoms with Gasteiger partial charge in [-0.05, 0) is 60.4 Å². The van der Waals surface area contributed by atoms with Crippen LogP contribution in [0.3, 0.4) is 0 Å². The number of hydrogen-bond donors (Lipinski definition) is 9. The molecule has 32 nitrogen and oxygen atoms in total. The number of aromatic nitrogens is 6. The van der Waals surface area contributed by atoms with Gasteiger partial charge in [0.2, 0.25) is 29.5 Å². The summed E-state index contributed by atoms with van der Waals surface area (Å²) in [6, 6.07) is 12.5. The monoisotopic (exact) mass is 1320 g/mol. The van der Waals surface area contributed by atoms with Crippen molar-refractivity contribution in [2.75, 3.05) is 90.3 Å². The fraction of sp³-hybridized carbons (Fsp3) is 0.527. The minimum absolute atomic E-state index is 0.000323. The number of hydrogen-bond acceptors (Lipinski definition) is 24. The summed E-state index contributed by atoms with van der Waals surface area (Å²) in [6.45, 7) is 2.71. The van der Waals surface area contributed by atoms with Gasteiger partial charge in [0.05, 0.1) is 65.3 Å². The first-order chi connectivity index (χ1) is 43.1. The highest BCUT2D eigenvalue weighted by molar-refractivity contribution is 8.06. The van der Waals surface area contributed by atoms with Crippen molar-refractivity contribution < 1.29 is 90.2 Å². The normalized spacial score (nSPS) is 19.1. The molecular formula is C55H75N12O20P2S+. The fourth-order valence-electron chi connectivity index (χ4n) is 9.25. The number of rotatable bonds is 36. The predicted molar refractivity (Wildman–Crippen MR) is 323 cm³/mol. The lowest BCUT2D eigenvalue weighted by Gasteiger charge is -2.24. The van der Waals surface area contributed by atoms with E-state index < -0.39 is 98.9 Å². The molecule has 2 aliphatic rings. The molecule has 5 aromatic rings. The Morgan fingerprint density at radius 1 is 0.900 bits per heavy atom. The van der Waals surface area contributed by atoms with E-state index in [9.17, 15) is 48.2 Å². The van der Waals surface area contributed by atoms with Crippen LogP contribution in [0, 0.1) is 11.8 Å². The first kappa shape index (κ1) is 70.5. The van der Waals surface area contributed by atoms with E-state index in [0.717, 1.165) is 0 Å². The highest BCUT2D eigenvalue weighted by Gasteiger charge is 2.45. The zero-order chi connectivity index (χ0) is 64.7. The second kappa shape index (κ2) is 35.1. The average molecular weight is 1320 g/mol. The second-order valence-electron chi connectivity index (χ2n) is 21.0. The van der Waals surface area contributed by atoms with Crippen LogP contribution >= 0.6 is 15.0 Å². The molecule has 0 radical (unpaired) electrons. The summed E-state index contributed by atoms with van der Waals surface area (Å²) in [7, 11) is -1.34. The Bertz CT molecular complexity index is 3290. The van der Waals surface area contributed by atoms with E-state index in [-0.39, 0.29) is 87.6 Å². The van der Waals surface area contributed by atoms with Crippen LogP contribution in [0.2, 0.25) is 0 Å². The molecule has 4 heterocycles. The van der Waals surface area contributed by atoms with Crippen molar-refractivity contribution in [1.29, 1.82) is 0 Å². The first-order valence-corrected chi connectivity index (χ1v) is 32.3. The van der Waals surface area contributed by atoms with E-state index in [1.54, 1.807) is 62.4 Å². The van der Waals surface area contributed by atoms with Crippen molar-refractivity contribution in [2.24, 2.45) is 17.6 Å². The molecule has 2 fully saturated rings. The Morgan fingerprint density at radius 2 is 1.61 bits per heavy atom. The van der Waals surface area contributed by atoms with Crippen LogP contribution in [-0.2, 0) is 85.9 Å². The number of fused-ring (bicyclic) bond motifs is 1. The van der Waals surface area contributed by atoms with Crippen LogP contribution in [-0.4, -0.2) is 195 Å². The fourth-order valence-corrected chi connectivity index (χ4v) is 10.6. The maximum atomic E-state index is 13.8. The molecule has 5 amide bonds. The molecule has 0 bridgehead atoms. The number of aliphatic hydroxyl groups is 1. The number of benzene rings is 2. The van der Waals surface area contributed by atoms with E-state index in [4.69, 9.17) is 52.5 Å². The second-order valence-corrected chi connectivity index (χ2v) is 24.6. The van der Waals surface area contributed by atoms with Gasteiger partial charge in [-0.1, -0.05) is 44.2 Å². The number of nitrogens with one attached hydrogen (secondary N) is 5. The van der Waals surface area contributed by atoms with Crippen LogP contribution in [0.25, 0.3) is 11.2 Å². The molecule has 90 heavy (non-hydrogen) atoms. The Labute approximate surface area is 522 Å². The topological polar surface area (TPSA) is 422 Å². The smallest absolute Gasteiger partial charge is 0.474 e. The number of nitrogens with two attached hydrogens (primary N) is 1. The van der Waals surface area contributed by atoms with E-state index in [0.29, 0.717) is 68.7 Å². The molecule has 0 spiro atoms. The Kier molecular flexibility index (Phi) is 27.5. The number of imidazole rings is 1. The third-order valence-electron chi connectivity index (χ3n) is 13.8. The molecule has 1 saturated carbocycles.